The first-order chi connectivity index (χ1) is 9.47. The first-order valence-electron chi connectivity index (χ1n) is 5.89. The van der Waals surface area contributed by atoms with E-state index in [2.05, 4.69) is 5.32 Å². The summed E-state index contributed by atoms with van der Waals surface area (Å²) in [4.78, 5) is 21.7. The summed E-state index contributed by atoms with van der Waals surface area (Å²) in [6, 6.07) is 7.40. The summed E-state index contributed by atoms with van der Waals surface area (Å²) in [7, 11) is 1.59. The average Bonchev–Trinajstić information content (AvgIpc) is 2.40. The predicted octanol–water partition coefficient (Wildman–Crippen LogP) is 1.96. The molecule has 0 saturated carbocycles. The number of halogens is 1. The molecule has 5 nitrogen and oxygen atoms in total. The number of amides is 1. The molecule has 0 radical (unpaired) electrons. The van der Waals surface area contributed by atoms with Gasteiger partial charge in [0, 0.05) is 37.0 Å². The Balaban J connectivity index is 2.31. The van der Waals surface area contributed by atoms with Gasteiger partial charge in [0.1, 0.15) is 5.82 Å². The van der Waals surface area contributed by atoms with E-state index in [4.69, 9.17) is 5.11 Å². The summed E-state index contributed by atoms with van der Waals surface area (Å²) < 4.78 is 15.4. The van der Waals surface area contributed by atoms with Gasteiger partial charge in [0.2, 0.25) is 5.56 Å². The van der Waals surface area contributed by atoms with Gasteiger partial charge < -0.3 is 15.0 Å². The molecule has 2 aromatic rings. The van der Waals surface area contributed by atoms with E-state index in [0.717, 1.165) is 0 Å². The Morgan fingerprint density at radius 1 is 1.35 bits per heavy atom. The van der Waals surface area contributed by atoms with Gasteiger partial charge in [0.25, 0.3) is 0 Å². The predicted molar refractivity (Wildman–Crippen MR) is 71.9 cm³/mol. The maximum atomic E-state index is 14.0. The molecule has 0 atom stereocenters. The fourth-order valence-electron chi connectivity index (χ4n) is 1.83. The van der Waals surface area contributed by atoms with E-state index in [1.807, 2.05) is 0 Å². The van der Waals surface area contributed by atoms with Crippen LogP contribution in [0.15, 0.2) is 41.3 Å². The van der Waals surface area contributed by atoms with Crippen molar-refractivity contribution in [3.8, 4) is 11.1 Å². The molecule has 2 rings (SSSR count). The molecule has 1 heterocycles. The Bertz CT molecular complexity index is 710. The van der Waals surface area contributed by atoms with Crippen molar-refractivity contribution in [2.75, 3.05) is 0 Å². The van der Waals surface area contributed by atoms with Crippen LogP contribution in [0.5, 0.6) is 0 Å². The highest BCUT2D eigenvalue weighted by atomic mass is 19.1. The molecule has 1 aromatic carbocycles. The number of aromatic nitrogens is 1. The molecule has 0 bridgehead atoms. The molecule has 0 fully saturated rings. The first-order valence-corrected chi connectivity index (χ1v) is 5.89. The number of pyridine rings is 1. The second kappa shape index (κ2) is 5.56. The monoisotopic (exact) mass is 276 g/mol. The number of benzene rings is 1. The van der Waals surface area contributed by atoms with Crippen molar-refractivity contribution in [2.24, 2.45) is 7.05 Å². The standard InChI is InChI=1S/C14H13FN2O3/c1-17-8-10(3-5-13(17)18)11-4-2-9(6-12(11)15)7-16-14(19)20/h2-6,8,16H,7H2,1H3,(H,19,20). The van der Waals surface area contributed by atoms with E-state index >= 15 is 0 Å². The summed E-state index contributed by atoms with van der Waals surface area (Å²) in [5.74, 6) is -0.465. The molecular formula is C14H13FN2O3. The quantitative estimate of drug-likeness (QED) is 0.900. The minimum absolute atomic E-state index is 0.0415. The molecule has 0 spiro atoms. The fourth-order valence-corrected chi connectivity index (χ4v) is 1.83. The van der Waals surface area contributed by atoms with Crippen LogP contribution in [-0.2, 0) is 13.6 Å². The molecule has 6 heteroatoms. The molecule has 1 amide bonds. The molecule has 20 heavy (non-hydrogen) atoms. The highest BCUT2D eigenvalue weighted by Gasteiger charge is 2.07. The minimum Gasteiger partial charge on any atom is -0.465 e. The lowest BCUT2D eigenvalue weighted by Crippen LogP contribution is -2.20. The van der Waals surface area contributed by atoms with Crippen LogP contribution in [0.2, 0.25) is 0 Å². The minimum atomic E-state index is -1.16. The van der Waals surface area contributed by atoms with Crippen LogP contribution in [0, 0.1) is 5.82 Å². The van der Waals surface area contributed by atoms with Crippen molar-refractivity contribution in [2.45, 2.75) is 6.54 Å². The second-order valence-corrected chi connectivity index (χ2v) is 4.34. The second-order valence-electron chi connectivity index (χ2n) is 4.34. The third-order valence-corrected chi connectivity index (χ3v) is 2.87. The normalized spacial score (nSPS) is 10.3. The number of carbonyl (C=O) groups is 1. The summed E-state index contributed by atoms with van der Waals surface area (Å²) in [6.07, 6.45) is 0.392. The Morgan fingerprint density at radius 3 is 2.70 bits per heavy atom. The zero-order chi connectivity index (χ0) is 14.7. The molecule has 104 valence electrons. The summed E-state index contributed by atoms with van der Waals surface area (Å²) in [5, 5.41) is 10.7. The molecule has 2 N–H and O–H groups in total. The van der Waals surface area contributed by atoms with Crippen LogP contribution >= 0.6 is 0 Å². The summed E-state index contributed by atoms with van der Waals surface area (Å²) >= 11 is 0. The fraction of sp³-hybridized carbons (Fsp3) is 0.143. The van der Waals surface area contributed by atoms with Gasteiger partial charge in [-0.05, 0) is 17.7 Å². The number of hydrogen-bond acceptors (Lipinski definition) is 2. The number of nitrogens with zero attached hydrogens (tertiary/aromatic N) is 1. The SMILES string of the molecule is Cn1cc(-c2ccc(CNC(=O)O)cc2F)ccc1=O. The summed E-state index contributed by atoms with van der Waals surface area (Å²) in [6.45, 7) is 0.0415. The van der Waals surface area contributed by atoms with Crippen molar-refractivity contribution >= 4 is 6.09 Å². The van der Waals surface area contributed by atoms with Crippen LogP contribution in [0.3, 0.4) is 0 Å². The van der Waals surface area contributed by atoms with Gasteiger partial charge in [-0.2, -0.15) is 0 Å². The molecule has 1 aromatic heterocycles. The Hall–Kier alpha value is -2.63. The van der Waals surface area contributed by atoms with E-state index in [9.17, 15) is 14.0 Å². The first kappa shape index (κ1) is 13.8. The molecule has 0 aliphatic carbocycles. The van der Waals surface area contributed by atoms with Gasteiger partial charge in [0.15, 0.2) is 0 Å². The van der Waals surface area contributed by atoms with Gasteiger partial charge in [-0.15, -0.1) is 0 Å². The van der Waals surface area contributed by atoms with Crippen LogP contribution in [0.1, 0.15) is 5.56 Å². The smallest absolute Gasteiger partial charge is 0.404 e. The third-order valence-electron chi connectivity index (χ3n) is 2.87. The lowest BCUT2D eigenvalue weighted by Gasteiger charge is -2.08. The van der Waals surface area contributed by atoms with Crippen LogP contribution in [0.25, 0.3) is 11.1 Å². The average molecular weight is 276 g/mol. The molecule has 0 aliphatic rings. The zero-order valence-corrected chi connectivity index (χ0v) is 10.8. The van der Waals surface area contributed by atoms with Crippen molar-refractivity contribution in [3.63, 3.8) is 0 Å². The van der Waals surface area contributed by atoms with Crippen molar-refractivity contribution in [3.05, 3.63) is 58.3 Å². The van der Waals surface area contributed by atoms with E-state index in [-0.39, 0.29) is 12.1 Å². The molecule has 0 saturated heterocycles. The van der Waals surface area contributed by atoms with Gasteiger partial charge >= 0.3 is 6.09 Å². The Morgan fingerprint density at radius 2 is 2.10 bits per heavy atom. The van der Waals surface area contributed by atoms with Gasteiger partial charge in [-0.25, -0.2) is 9.18 Å². The van der Waals surface area contributed by atoms with E-state index in [1.165, 1.54) is 16.7 Å². The number of carboxylic acid groups (broad SMARTS) is 1. The van der Waals surface area contributed by atoms with Crippen molar-refractivity contribution in [1.82, 2.24) is 9.88 Å². The van der Waals surface area contributed by atoms with Crippen molar-refractivity contribution < 1.29 is 14.3 Å². The summed E-state index contributed by atoms with van der Waals surface area (Å²) in [5.41, 5.74) is 1.30. The van der Waals surface area contributed by atoms with E-state index < -0.39 is 11.9 Å². The van der Waals surface area contributed by atoms with E-state index in [1.54, 1.807) is 31.4 Å². The number of nitrogens with one attached hydrogen (secondary N) is 1. The van der Waals surface area contributed by atoms with Gasteiger partial charge in [-0.1, -0.05) is 12.1 Å². The maximum Gasteiger partial charge on any atom is 0.404 e. The molecule has 0 unspecified atom stereocenters. The van der Waals surface area contributed by atoms with Gasteiger partial charge in [-0.3, -0.25) is 4.79 Å². The van der Waals surface area contributed by atoms with Crippen LogP contribution in [-0.4, -0.2) is 15.8 Å². The Labute approximate surface area is 114 Å². The largest absolute Gasteiger partial charge is 0.465 e. The number of hydrogen-bond donors (Lipinski definition) is 2. The number of rotatable bonds is 3. The maximum absolute atomic E-state index is 14.0. The zero-order valence-electron chi connectivity index (χ0n) is 10.8. The van der Waals surface area contributed by atoms with Crippen molar-refractivity contribution in [1.29, 1.82) is 0 Å². The highest BCUT2D eigenvalue weighted by molar-refractivity contribution is 5.65. The highest BCUT2D eigenvalue weighted by Crippen LogP contribution is 2.22. The Kier molecular flexibility index (Phi) is 3.84. The lowest BCUT2D eigenvalue weighted by molar-refractivity contribution is 0.194. The molecular weight excluding hydrogens is 263 g/mol. The molecule has 0 aliphatic heterocycles. The number of aryl methyl sites for hydroxylation is 1. The lowest BCUT2D eigenvalue weighted by atomic mass is 10.0. The topological polar surface area (TPSA) is 71.3 Å². The van der Waals surface area contributed by atoms with Crippen LogP contribution in [0.4, 0.5) is 9.18 Å². The van der Waals surface area contributed by atoms with Gasteiger partial charge in [0.05, 0.1) is 0 Å². The van der Waals surface area contributed by atoms with E-state index in [0.29, 0.717) is 16.7 Å². The van der Waals surface area contributed by atoms with Crippen LogP contribution < -0.4 is 10.9 Å². The third kappa shape index (κ3) is 3.03.